The van der Waals surface area contributed by atoms with Crippen LogP contribution in [0.4, 0.5) is 0 Å². The Balaban J connectivity index is 2.72. The SMILES string of the molecule is CC(O)CN(C)S(=O)(=O)Cc1ccccc1. The van der Waals surface area contributed by atoms with Crippen LogP contribution in [0.25, 0.3) is 0 Å². The minimum atomic E-state index is -3.34. The van der Waals surface area contributed by atoms with Gasteiger partial charge in [0.2, 0.25) is 10.0 Å². The zero-order chi connectivity index (χ0) is 12.2. The first-order valence-electron chi connectivity index (χ1n) is 5.08. The summed E-state index contributed by atoms with van der Waals surface area (Å²) in [4.78, 5) is 0. The molecule has 16 heavy (non-hydrogen) atoms. The molecule has 0 aromatic heterocycles. The van der Waals surface area contributed by atoms with E-state index in [0.29, 0.717) is 0 Å². The molecule has 1 rings (SSSR count). The molecule has 1 unspecified atom stereocenters. The second-order valence-corrected chi connectivity index (χ2v) is 5.95. The molecule has 0 bridgehead atoms. The molecule has 0 amide bonds. The molecule has 0 aliphatic carbocycles. The lowest BCUT2D eigenvalue weighted by molar-refractivity contribution is 0.171. The van der Waals surface area contributed by atoms with E-state index in [1.165, 1.54) is 11.4 Å². The molecule has 4 nitrogen and oxygen atoms in total. The number of rotatable bonds is 5. The second kappa shape index (κ2) is 5.43. The highest BCUT2D eigenvalue weighted by Gasteiger charge is 2.19. The van der Waals surface area contributed by atoms with Gasteiger partial charge >= 0.3 is 0 Å². The molecule has 1 aromatic carbocycles. The first-order chi connectivity index (χ1) is 7.42. The Morgan fingerprint density at radius 3 is 2.38 bits per heavy atom. The molecule has 1 atom stereocenters. The van der Waals surface area contributed by atoms with Gasteiger partial charge in [-0.25, -0.2) is 12.7 Å². The number of likely N-dealkylation sites (N-methyl/N-ethyl adjacent to an activating group) is 1. The first-order valence-corrected chi connectivity index (χ1v) is 6.69. The van der Waals surface area contributed by atoms with Crippen LogP contribution in [-0.4, -0.2) is 37.5 Å². The van der Waals surface area contributed by atoms with Gasteiger partial charge in [0.25, 0.3) is 0 Å². The number of sulfonamides is 1. The summed E-state index contributed by atoms with van der Waals surface area (Å²) in [6.07, 6.45) is -0.657. The van der Waals surface area contributed by atoms with Crippen LogP contribution in [0.1, 0.15) is 12.5 Å². The topological polar surface area (TPSA) is 57.6 Å². The zero-order valence-corrected chi connectivity index (χ0v) is 10.3. The Hall–Kier alpha value is -0.910. The molecule has 0 spiro atoms. The fraction of sp³-hybridized carbons (Fsp3) is 0.455. The third-order valence-corrected chi connectivity index (χ3v) is 3.99. The van der Waals surface area contributed by atoms with Crippen molar-refractivity contribution in [3.63, 3.8) is 0 Å². The maximum atomic E-state index is 11.9. The van der Waals surface area contributed by atoms with Crippen molar-refractivity contribution in [2.24, 2.45) is 0 Å². The van der Waals surface area contributed by atoms with Crippen molar-refractivity contribution in [1.82, 2.24) is 4.31 Å². The van der Waals surface area contributed by atoms with Crippen molar-refractivity contribution in [1.29, 1.82) is 0 Å². The van der Waals surface area contributed by atoms with Gasteiger partial charge in [0.05, 0.1) is 11.9 Å². The lowest BCUT2D eigenvalue weighted by Gasteiger charge is -2.18. The summed E-state index contributed by atoms with van der Waals surface area (Å²) in [6, 6.07) is 9.00. The highest BCUT2D eigenvalue weighted by Crippen LogP contribution is 2.09. The molecule has 0 fully saturated rings. The summed E-state index contributed by atoms with van der Waals surface area (Å²) in [5.74, 6) is -0.0307. The van der Waals surface area contributed by atoms with Crippen molar-refractivity contribution in [3.05, 3.63) is 35.9 Å². The molecule has 0 aliphatic heterocycles. The maximum Gasteiger partial charge on any atom is 0.218 e. The van der Waals surface area contributed by atoms with Crippen molar-refractivity contribution >= 4 is 10.0 Å². The third kappa shape index (κ3) is 3.92. The highest BCUT2D eigenvalue weighted by atomic mass is 32.2. The minimum absolute atomic E-state index is 0.0307. The molecule has 0 heterocycles. The maximum absolute atomic E-state index is 11.9. The minimum Gasteiger partial charge on any atom is -0.392 e. The third-order valence-electron chi connectivity index (χ3n) is 2.19. The van der Waals surface area contributed by atoms with Crippen LogP contribution in [0.15, 0.2) is 30.3 Å². The molecule has 0 aliphatic rings. The van der Waals surface area contributed by atoms with Crippen LogP contribution in [0.3, 0.4) is 0 Å². The van der Waals surface area contributed by atoms with Gasteiger partial charge in [-0.15, -0.1) is 0 Å². The van der Waals surface area contributed by atoms with E-state index in [2.05, 4.69) is 0 Å². The van der Waals surface area contributed by atoms with Crippen LogP contribution in [0, 0.1) is 0 Å². The smallest absolute Gasteiger partial charge is 0.218 e. The Morgan fingerprint density at radius 2 is 1.88 bits per heavy atom. The van der Waals surface area contributed by atoms with Crippen LogP contribution in [0.2, 0.25) is 0 Å². The first kappa shape index (κ1) is 13.2. The summed E-state index contributed by atoms with van der Waals surface area (Å²) in [7, 11) is -1.86. The van der Waals surface area contributed by atoms with Gasteiger partial charge in [-0.2, -0.15) is 0 Å². The summed E-state index contributed by atoms with van der Waals surface area (Å²) in [5.41, 5.74) is 0.750. The molecular formula is C11H17NO3S. The molecule has 90 valence electrons. The van der Waals surface area contributed by atoms with Gasteiger partial charge in [-0.05, 0) is 12.5 Å². The molecular weight excluding hydrogens is 226 g/mol. The number of hydrogen-bond acceptors (Lipinski definition) is 3. The average molecular weight is 243 g/mol. The van der Waals surface area contributed by atoms with Crippen molar-refractivity contribution in [3.8, 4) is 0 Å². The highest BCUT2D eigenvalue weighted by molar-refractivity contribution is 7.88. The Labute approximate surface area is 96.6 Å². The fourth-order valence-corrected chi connectivity index (χ4v) is 2.66. The average Bonchev–Trinajstić information content (AvgIpc) is 2.17. The van der Waals surface area contributed by atoms with E-state index in [9.17, 15) is 8.42 Å². The van der Waals surface area contributed by atoms with Crippen molar-refractivity contribution in [2.45, 2.75) is 18.8 Å². The van der Waals surface area contributed by atoms with E-state index in [4.69, 9.17) is 5.11 Å². The Kier molecular flexibility index (Phi) is 4.46. The summed E-state index contributed by atoms with van der Waals surface area (Å²) in [5, 5.41) is 9.15. The number of benzene rings is 1. The van der Waals surface area contributed by atoms with E-state index >= 15 is 0 Å². The number of aliphatic hydroxyl groups is 1. The van der Waals surface area contributed by atoms with E-state index in [1.54, 1.807) is 31.2 Å². The van der Waals surface area contributed by atoms with Crippen molar-refractivity contribution < 1.29 is 13.5 Å². The molecule has 0 radical (unpaired) electrons. The monoisotopic (exact) mass is 243 g/mol. The van der Waals surface area contributed by atoms with Gasteiger partial charge in [-0.3, -0.25) is 0 Å². The van der Waals surface area contributed by atoms with E-state index < -0.39 is 16.1 Å². The van der Waals surface area contributed by atoms with Crippen LogP contribution in [0.5, 0.6) is 0 Å². The standard InChI is InChI=1S/C11H17NO3S/c1-10(13)8-12(2)16(14,15)9-11-6-4-3-5-7-11/h3-7,10,13H,8-9H2,1-2H3. The van der Waals surface area contributed by atoms with Crippen LogP contribution < -0.4 is 0 Å². The quantitative estimate of drug-likeness (QED) is 0.833. The van der Waals surface area contributed by atoms with Gasteiger partial charge in [-0.1, -0.05) is 30.3 Å². The fourth-order valence-electron chi connectivity index (χ4n) is 1.38. The Morgan fingerprint density at radius 1 is 1.31 bits per heavy atom. The van der Waals surface area contributed by atoms with Crippen LogP contribution >= 0.6 is 0 Å². The van der Waals surface area contributed by atoms with E-state index in [1.807, 2.05) is 6.07 Å². The Bertz CT molecular complexity index is 414. The number of nitrogens with zero attached hydrogens (tertiary/aromatic N) is 1. The van der Waals surface area contributed by atoms with Gasteiger partial charge in [0.15, 0.2) is 0 Å². The lowest BCUT2D eigenvalue weighted by atomic mass is 10.2. The zero-order valence-electron chi connectivity index (χ0n) is 9.50. The van der Waals surface area contributed by atoms with Gasteiger partial charge in [0.1, 0.15) is 0 Å². The van der Waals surface area contributed by atoms with Gasteiger partial charge < -0.3 is 5.11 Å². The summed E-state index contributed by atoms with van der Waals surface area (Å²) in [6.45, 7) is 1.68. The largest absolute Gasteiger partial charge is 0.392 e. The molecule has 1 aromatic rings. The summed E-state index contributed by atoms with van der Waals surface area (Å²) >= 11 is 0. The summed E-state index contributed by atoms with van der Waals surface area (Å²) < 4.78 is 24.9. The predicted molar refractivity (Wildman–Crippen MR) is 63.4 cm³/mol. The van der Waals surface area contributed by atoms with E-state index in [0.717, 1.165) is 5.56 Å². The predicted octanol–water partition coefficient (Wildman–Crippen LogP) is 0.829. The second-order valence-electron chi connectivity index (χ2n) is 3.87. The lowest BCUT2D eigenvalue weighted by Crippen LogP contribution is -2.33. The van der Waals surface area contributed by atoms with E-state index in [-0.39, 0.29) is 12.3 Å². The van der Waals surface area contributed by atoms with Crippen LogP contribution in [-0.2, 0) is 15.8 Å². The number of hydrogen-bond donors (Lipinski definition) is 1. The van der Waals surface area contributed by atoms with Gasteiger partial charge in [0, 0.05) is 13.6 Å². The molecule has 0 saturated heterocycles. The number of aliphatic hydroxyl groups excluding tert-OH is 1. The molecule has 5 heteroatoms. The normalized spacial score (nSPS) is 14.0. The molecule has 0 saturated carbocycles. The van der Waals surface area contributed by atoms with Crippen molar-refractivity contribution in [2.75, 3.05) is 13.6 Å². The molecule has 1 N–H and O–H groups in total.